The van der Waals surface area contributed by atoms with E-state index in [1.165, 1.54) is 23.0 Å². The van der Waals surface area contributed by atoms with Crippen LogP contribution >= 0.6 is 0 Å². The second-order valence-electron chi connectivity index (χ2n) is 5.05. The zero-order chi connectivity index (χ0) is 16.3. The molecule has 1 heterocycles. The summed E-state index contributed by atoms with van der Waals surface area (Å²) < 4.78 is 40.5. The number of aryl methyl sites for hydroxylation is 1. The van der Waals surface area contributed by atoms with E-state index in [-0.39, 0.29) is 11.3 Å². The number of hydrogen-bond donors (Lipinski definition) is 1. The van der Waals surface area contributed by atoms with E-state index in [2.05, 4.69) is 5.10 Å². The molecule has 0 aliphatic rings. The minimum atomic E-state index is -3.94. The van der Waals surface area contributed by atoms with E-state index in [4.69, 9.17) is 0 Å². The van der Waals surface area contributed by atoms with Crippen LogP contribution in [0.4, 0.5) is 4.39 Å². The fraction of sp³-hybridized carbons (Fsp3) is 0.286. The van der Waals surface area contributed by atoms with E-state index in [0.29, 0.717) is 5.56 Å². The molecule has 1 N–H and O–H groups in total. The van der Waals surface area contributed by atoms with Crippen molar-refractivity contribution >= 4 is 15.9 Å². The molecule has 1 atom stereocenters. The Kier molecular flexibility index (Phi) is 4.60. The molecule has 0 saturated heterocycles. The fourth-order valence-corrected chi connectivity index (χ4v) is 3.00. The maximum Gasteiger partial charge on any atom is 0.267 e. The summed E-state index contributed by atoms with van der Waals surface area (Å²) in [6.07, 6.45) is 2.70. The van der Waals surface area contributed by atoms with Crippen LogP contribution in [0.15, 0.2) is 41.6 Å². The first kappa shape index (κ1) is 16.2. The third-order valence-corrected chi connectivity index (χ3v) is 4.41. The van der Waals surface area contributed by atoms with Gasteiger partial charge in [0.15, 0.2) is 0 Å². The van der Waals surface area contributed by atoms with Crippen LogP contribution in [0.2, 0.25) is 0 Å². The molecule has 1 amide bonds. The lowest BCUT2D eigenvalue weighted by molar-refractivity contribution is -0.122. The van der Waals surface area contributed by atoms with Crippen LogP contribution in [0.3, 0.4) is 0 Å². The second kappa shape index (κ2) is 6.27. The Hall–Kier alpha value is -2.22. The predicted octanol–water partition coefficient (Wildman–Crippen LogP) is 1.24. The first-order chi connectivity index (χ1) is 10.3. The average Bonchev–Trinajstić information content (AvgIpc) is 2.86. The summed E-state index contributed by atoms with van der Waals surface area (Å²) >= 11 is 0. The quantitative estimate of drug-likeness (QED) is 0.897. The minimum absolute atomic E-state index is 0.0821. The Balaban J connectivity index is 2.05. The first-order valence-corrected chi connectivity index (χ1v) is 8.06. The topological polar surface area (TPSA) is 81.1 Å². The van der Waals surface area contributed by atoms with E-state index < -0.39 is 27.7 Å². The predicted molar refractivity (Wildman–Crippen MR) is 77.8 cm³/mol. The van der Waals surface area contributed by atoms with Gasteiger partial charge in [-0.1, -0.05) is 19.1 Å². The maximum absolute atomic E-state index is 13.1. The van der Waals surface area contributed by atoms with Gasteiger partial charge in [0.25, 0.3) is 10.0 Å². The number of nitrogens with zero attached hydrogens (tertiary/aromatic N) is 2. The van der Waals surface area contributed by atoms with Crippen molar-refractivity contribution in [3.05, 3.63) is 48.0 Å². The number of amides is 1. The Morgan fingerprint density at radius 2 is 2.18 bits per heavy atom. The van der Waals surface area contributed by atoms with Gasteiger partial charge >= 0.3 is 0 Å². The van der Waals surface area contributed by atoms with Crippen molar-refractivity contribution in [2.45, 2.75) is 18.2 Å². The Labute approximate surface area is 128 Å². The molecule has 2 rings (SSSR count). The fourth-order valence-electron chi connectivity index (χ4n) is 1.94. The molecule has 6 nitrogen and oxygen atoms in total. The number of carbonyl (C=O) groups is 1. The number of nitrogens with one attached hydrogen (secondary N) is 1. The Bertz CT molecular complexity index is 786. The molecule has 0 unspecified atom stereocenters. The van der Waals surface area contributed by atoms with E-state index >= 15 is 0 Å². The van der Waals surface area contributed by atoms with Crippen LogP contribution in [0.25, 0.3) is 0 Å². The number of hydrogen-bond acceptors (Lipinski definition) is 4. The van der Waals surface area contributed by atoms with Crippen molar-refractivity contribution in [2.75, 3.05) is 0 Å². The molecule has 0 spiro atoms. The first-order valence-electron chi connectivity index (χ1n) is 6.57. The highest BCUT2D eigenvalue weighted by molar-refractivity contribution is 7.90. The van der Waals surface area contributed by atoms with Crippen LogP contribution in [-0.4, -0.2) is 24.1 Å². The molecule has 1 aromatic carbocycles. The third kappa shape index (κ3) is 3.91. The summed E-state index contributed by atoms with van der Waals surface area (Å²) in [6, 6.07) is 5.85. The lowest BCUT2D eigenvalue weighted by Gasteiger charge is -2.12. The number of rotatable bonds is 5. The Morgan fingerprint density at radius 1 is 1.45 bits per heavy atom. The van der Waals surface area contributed by atoms with E-state index in [0.717, 1.165) is 6.20 Å². The van der Waals surface area contributed by atoms with Crippen LogP contribution in [0.1, 0.15) is 12.5 Å². The lowest BCUT2D eigenvalue weighted by Crippen LogP contribution is -2.35. The molecule has 0 aliphatic carbocycles. The van der Waals surface area contributed by atoms with E-state index in [1.807, 2.05) is 4.72 Å². The van der Waals surface area contributed by atoms with Gasteiger partial charge in [0.2, 0.25) is 5.91 Å². The SMILES string of the molecule is C[C@@H](Cc1cccc(F)c1)C(=O)NS(=O)(=O)c1cnn(C)c1. The van der Waals surface area contributed by atoms with Gasteiger partial charge in [-0.3, -0.25) is 9.48 Å². The molecule has 0 saturated carbocycles. The highest BCUT2D eigenvalue weighted by Crippen LogP contribution is 2.12. The zero-order valence-electron chi connectivity index (χ0n) is 12.2. The largest absolute Gasteiger partial charge is 0.274 e. The summed E-state index contributed by atoms with van der Waals surface area (Å²) in [5.74, 6) is -1.66. The van der Waals surface area contributed by atoms with Gasteiger partial charge in [0.1, 0.15) is 10.7 Å². The lowest BCUT2D eigenvalue weighted by atomic mass is 10.0. The molecular formula is C14H16FN3O3S. The molecule has 118 valence electrons. The van der Waals surface area contributed by atoms with Crippen LogP contribution < -0.4 is 4.72 Å². The number of carbonyl (C=O) groups excluding carboxylic acids is 1. The summed E-state index contributed by atoms with van der Waals surface area (Å²) in [5.41, 5.74) is 0.626. The van der Waals surface area contributed by atoms with Crippen LogP contribution in [0, 0.1) is 11.7 Å². The molecule has 8 heteroatoms. The molecule has 0 radical (unpaired) electrons. The molecule has 2 aromatic rings. The van der Waals surface area contributed by atoms with Gasteiger partial charge in [-0.05, 0) is 24.1 Å². The van der Waals surface area contributed by atoms with Gasteiger partial charge in [-0.25, -0.2) is 17.5 Å². The number of benzene rings is 1. The van der Waals surface area contributed by atoms with Gasteiger partial charge in [-0.2, -0.15) is 5.10 Å². The van der Waals surface area contributed by atoms with Crippen LogP contribution in [-0.2, 0) is 28.3 Å². The van der Waals surface area contributed by atoms with Crippen molar-refractivity contribution in [2.24, 2.45) is 13.0 Å². The Morgan fingerprint density at radius 3 is 2.77 bits per heavy atom. The van der Waals surface area contributed by atoms with E-state index in [9.17, 15) is 17.6 Å². The number of halogens is 1. The molecule has 22 heavy (non-hydrogen) atoms. The van der Waals surface area contributed by atoms with Crippen LogP contribution in [0.5, 0.6) is 0 Å². The normalized spacial score (nSPS) is 12.9. The van der Waals surface area contributed by atoms with Gasteiger partial charge in [-0.15, -0.1) is 0 Å². The van der Waals surface area contributed by atoms with Gasteiger partial charge in [0, 0.05) is 19.2 Å². The summed E-state index contributed by atoms with van der Waals surface area (Å²) in [7, 11) is -2.36. The van der Waals surface area contributed by atoms with Crippen molar-refractivity contribution in [3.8, 4) is 0 Å². The van der Waals surface area contributed by atoms with Crippen molar-refractivity contribution in [1.82, 2.24) is 14.5 Å². The molecular weight excluding hydrogens is 309 g/mol. The number of aromatic nitrogens is 2. The van der Waals surface area contributed by atoms with Gasteiger partial charge in [0.05, 0.1) is 6.20 Å². The zero-order valence-corrected chi connectivity index (χ0v) is 13.0. The van der Waals surface area contributed by atoms with E-state index in [1.54, 1.807) is 26.1 Å². The minimum Gasteiger partial charge on any atom is -0.274 e. The standard InChI is InChI=1S/C14H16FN3O3S/c1-10(6-11-4-3-5-12(15)7-11)14(19)17-22(20,21)13-8-16-18(2)9-13/h3-5,7-10H,6H2,1-2H3,(H,17,19)/t10-/m0/s1. The second-order valence-corrected chi connectivity index (χ2v) is 6.74. The smallest absolute Gasteiger partial charge is 0.267 e. The molecule has 0 fully saturated rings. The monoisotopic (exact) mass is 325 g/mol. The molecule has 1 aromatic heterocycles. The summed E-state index contributed by atoms with van der Waals surface area (Å²) in [4.78, 5) is 11.9. The third-order valence-electron chi connectivity index (χ3n) is 3.10. The van der Waals surface area contributed by atoms with Crippen molar-refractivity contribution in [1.29, 1.82) is 0 Å². The van der Waals surface area contributed by atoms with Gasteiger partial charge < -0.3 is 0 Å². The molecule has 0 aliphatic heterocycles. The summed E-state index contributed by atoms with van der Waals surface area (Å²) in [5, 5.41) is 3.76. The number of sulfonamides is 1. The summed E-state index contributed by atoms with van der Waals surface area (Å²) in [6.45, 7) is 1.58. The molecule has 0 bridgehead atoms. The highest BCUT2D eigenvalue weighted by Gasteiger charge is 2.23. The average molecular weight is 325 g/mol. The van der Waals surface area contributed by atoms with Crippen molar-refractivity contribution < 1.29 is 17.6 Å². The maximum atomic E-state index is 13.1. The highest BCUT2D eigenvalue weighted by atomic mass is 32.2. The van der Waals surface area contributed by atoms with Crippen molar-refractivity contribution in [3.63, 3.8) is 0 Å².